The highest BCUT2D eigenvalue weighted by Gasteiger charge is 2.08. The Labute approximate surface area is 160 Å². The molecule has 130 valence electrons. The maximum absolute atomic E-state index is 6.18. The van der Waals surface area contributed by atoms with Crippen LogP contribution in [0, 0.1) is 0 Å². The highest BCUT2D eigenvalue weighted by molar-refractivity contribution is 7.99. The summed E-state index contributed by atoms with van der Waals surface area (Å²) < 4.78 is 1.75. The minimum atomic E-state index is 0.587. The van der Waals surface area contributed by atoms with E-state index in [9.17, 15) is 0 Å². The van der Waals surface area contributed by atoms with E-state index in [0.717, 1.165) is 35.1 Å². The molecule has 5 nitrogen and oxygen atoms in total. The number of tetrazole rings is 1. The zero-order valence-electron chi connectivity index (χ0n) is 13.4. The topological polar surface area (TPSA) is 55.6 Å². The maximum Gasteiger partial charge on any atom is 0.214 e. The van der Waals surface area contributed by atoms with Crippen LogP contribution in [-0.4, -0.2) is 32.5 Å². The second-order valence-electron chi connectivity index (χ2n) is 5.30. The van der Waals surface area contributed by atoms with Gasteiger partial charge in [0.05, 0.1) is 15.7 Å². The fourth-order valence-corrected chi connectivity index (χ4v) is 3.49. The molecule has 0 atom stereocenters. The molecule has 0 aliphatic rings. The highest BCUT2D eigenvalue weighted by Crippen LogP contribution is 2.25. The summed E-state index contributed by atoms with van der Waals surface area (Å²) in [5.74, 6) is 0.920. The Morgan fingerprint density at radius 2 is 1.88 bits per heavy atom. The second-order valence-corrected chi connectivity index (χ2v) is 7.15. The molecule has 0 bridgehead atoms. The van der Waals surface area contributed by atoms with Crippen LogP contribution in [0.25, 0.3) is 5.69 Å². The van der Waals surface area contributed by atoms with E-state index in [1.54, 1.807) is 22.5 Å². The summed E-state index contributed by atoms with van der Waals surface area (Å²) in [6, 6.07) is 15.5. The van der Waals surface area contributed by atoms with Crippen molar-refractivity contribution in [3.05, 3.63) is 64.1 Å². The van der Waals surface area contributed by atoms with Crippen LogP contribution in [0.1, 0.15) is 12.0 Å². The highest BCUT2D eigenvalue weighted by atomic mass is 35.5. The Morgan fingerprint density at radius 1 is 1.04 bits per heavy atom. The van der Waals surface area contributed by atoms with E-state index in [2.05, 4.69) is 20.8 Å². The van der Waals surface area contributed by atoms with Crippen molar-refractivity contribution in [3.8, 4) is 5.69 Å². The molecule has 25 heavy (non-hydrogen) atoms. The van der Waals surface area contributed by atoms with E-state index >= 15 is 0 Å². The third-order valence-electron chi connectivity index (χ3n) is 3.52. The lowest BCUT2D eigenvalue weighted by atomic mass is 10.2. The normalized spacial score (nSPS) is 11.0. The van der Waals surface area contributed by atoms with Crippen molar-refractivity contribution in [1.82, 2.24) is 25.5 Å². The van der Waals surface area contributed by atoms with Gasteiger partial charge in [-0.1, -0.05) is 65.3 Å². The molecule has 8 heteroatoms. The number of para-hydroxylation sites is 1. The van der Waals surface area contributed by atoms with Crippen LogP contribution in [0.15, 0.2) is 53.7 Å². The average Bonchev–Trinajstić information content (AvgIpc) is 3.10. The molecule has 0 saturated heterocycles. The van der Waals surface area contributed by atoms with Crippen LogP contribution in [-0.2, 0) is 6.54 Å². The van der Waals surface area contributed by atoms with Gasteiger partial charge in [0.2, 0.25) is 5.16 Å². The number of halogens is 2. The van der Waals surface area contributed by atoms with Crippen molar-refractivity contribution in [2.45, 2.75) is 18.1 Å². The van der Waals surface area contributed by atoms with E-state index < -0.39 is 0 Å². The molecule has 0 spiro atoms. The summed E-state index contributed by atoms with van der Waals surface area (Å²) in [6.45, 7) is 1.58. The first-order valence-electron chi connectivity index (χ1n) is 7.86. The first-order chi connectivity index (χ1) is 12.3. The van der Waals surface area contributed by atoms with Gasteiger partial charge in [-0.3, -0.25) is 0 Å². The van der Waals surface area contributed by atoms with Crippen molar-refractivity contribution in [2.75, 3.05) is 12.3 Å². The van der Waals surface area contributed by atoms with Crippen LogP contribution < -0.4 is 5.32 Å². The van der Waals surface area contributed by atoms with E-state index in [-0.39, 0.29) is 0 Å². The van der Waals surface area contributed by atoms with E-state index in [4.69, 9.17) is 23.2 Å². The first-order valence-corrected chi connectivity index (χ1v) is 9.60. The van der Waals surface area contributed by atoms with Crippen LogP contribution >= 0.6 is 35.0 Å². The number of nitrogens with one attached hydrogen (secondary N) is 1. The van der Waals surface area contributed by atoms with Crippen LogP contribution in [0.3, 0.4) is 0 Å². The van der Waals surface area contributed by atoms with Gasteiger partial charge < -0.3 is 5.32 Å². The van der Waals surface area contributed by atoms with Gasteiger partial charge in [-0.25, -0.2) is 0 Å². The number of aromatic nitrogens is 4. The predicted molar refractivity (Wildman–Crippen MR) is 103 cm³/mol. The average molecular weight is 394 g/mol. The monoisotopic (exact) mass is 393 g/mol. The third-order valence-corrected chi connectivity index (χ3v) is 5.38. The fraction of sp³-hybridized carbons (Fsp3) is 0.235. The summed E-state index contributed by atoms with van der Waals surface area (Å²) >= 11 is 13.8. The standard InChI is InChI=1S/C17H17Cl2N5S/c18-15-9-4-6-13(16(15)19)12-20-10-5-11-25-17-21-22-23-24(17)14-7-2-1-3-8-14/h1-4,6-9,20H,5,10-12H2. The van der Waals surface area contributed by atoms with Gasteiger partial charge in [0.1, 0.15) is 0 Å². The molecule has 0 fully saturated rings. The lowest BCUT2D eigenvalue weighted by Crippen LogP contribution is -2.15. The molecular formula is C17H17Cl2N5S. The zero-order valence-corrected chi connectivity index (χ0v) is 15.7. The number of rotatable bonds is 8. The van der Waals surface area contributed by atoms with Crippen molar-refractivity contribution in [3.63, 3.8) is 0 Å². The van der Waals surface area contributed by atoms with Gasteiger partial charge in [0, 0.05) is 12.3 Å². The van der Waals surface area contributed by atoms with E-state index in [1.807, 2.05) is 42.5 Å². The number of thioether (sulfide) groups is 1. The number of benzene rings is 2. The molecule has 0 aliphatic carbocycles. The van der Waals surface area contributed by atoms with Gasteiger partial charge in [0.15, 0.2) is 0 Å². The van der Waals surface area contributed by atoms with Crippen molar-refractivity contribution in [1.29, 1.82) is 0 Å². The van der Waals surface area contributed by atoms with E-state index in [0.29, 0.717) is 16.6 Å². The molecule has 0 saturated carbocycles. The Hall–Kier alpha value is -1.60. The van der Waals surface area contributed by atoms with Gasteiger partial charge in [-0.15, -0.1) is 5.10 Å². The molecule has 1 heterocycles. The number of nitrogens with zero attached hydrogens (tertiary/aromatic N) is 4. The van der Waals surface area contributed by atoms with Crippen LogP contribution in [0.4, 0.5) is 0 Å². The Bertz CT molecular complexity index is 810. The van der Waals surface area contributed by atoms with Crippen molar-refractivity contribution >= 4 is 35.0 Å². The lowest BCUT2D eigenvalue weighted by Gasteiger charge is -2.08. The predicted octanol–water partition coefficient (Wildman–Crippen LogP) is 4.24. The summed E-state index contributed by atoms with van der Waals surface area (Å²) in [5.41, 5.74) is 1.97. The fourth-order valence-electron chi connectivity index (χ4n) is 2.27. The minimum absolute atomic E-state index is 0.587. The number of hydrogen-bond acceptors (Lipinski definition) is 5. The van der Waals surface area contributed by atoms with E-state index in [1.165, 1.54) is 0 Å². The molecule has 3 aromatic rings. The van der Waals surface area contributed by atoms with Gasteiger partial charge >= 0.3 is 0 Å². The summed E-state index contributed by atoms with van der Waals surface area (Å²) in [4.78, 5) is 0. The summed E-state index contributed by atoms with van der Waals surface area (Å²) in [6.07, 6.45) is 0.991. The maximum atomic E-state index is 6.18. The molecule has 0 amide bonds. The minimum Gasteiger partial charge on any atom is -0.313 e. The molecule has 0 aliphatic heterocycles. The molecule has 0 unspecified atom stereocenters. The van der Waals surface area contributed by atoms with Gasteiger partial charge in [0.25, 0.3) is 0 Å². The Kier molecular flexibility index (Phi) is 6.69. The summed E-state index contributed by atoms with van der Waals surface area (Å²) in [7, 11) is 0. The van der Waals surface area contributed by atoms with Gasteiger partial charge in [-0.05, 0) is 47.2 Å². The SMILES string of the molecule is Clc1cccc(CNCCCSc2nnnn2-c2ccccc2)c1Cl. The van der Waals surface area contributed by atoms with Crippen molar-refractivity contribution < 1.29 is 0 Å². The molecule has 2 aromatic carbocycles. The number of hydrogen-bond donors (Lipinski definition) is 1. The third kappa shape index (κ3) is 4.95. The molecule has 3 rings (SSSR count). The Morgan fingerprint density at radius 3 is 2.72 bits per heavy atom. The molecular weight excluding hydrogens is 377 g/mol. The smallest absolute Gasteiger partial charge is 0.214 e. The molecule has 0 radical (unpaired) electrons. The van der Waals surface area contributed by atoms with Crippen LogP contribution in [0.2, 0.25) is 10.0 Å². The van der Waals surface area contributed by atoms with Crippen LogP contribution in [0.5, 0.6) is 0 Å². The second kappa shape index (κ2) is 9.20. The van der Waals surface area contributed by atoms with Crippen molar-refractivity contribution in [2.24, 2.45) is 0 Å². The first kappa shape index (κ1) is 18.2. The Balaban J connectivity index is 1.43. The quantitative estimate of drug-likeness (QED) is 0.458. The molecule has 1 N–H and O–H groups in total. The molecule has 1 aromatic heterocycles. The summed E-state index contributed by atoms with van der Waals surface area (Å²) in [5, 5.41) is 17.3. The zero-order chi connectivity index (χ0) is 17.5. The largest absolute Gasteiger partial charge is 0.313 e. The lowest BCUT2D eigenvalue weighted by molar-refractivity contribution is 0.678. The van der Waals surface area contributed by atoms with Gasteiger partial charge in [-0.2, -0.15) is 4.68 Å².